The van der Waals surface area contributed by atoms with Gasteiger partial charge in [0.2, 0.25) is 0 Å². The Morgan fingerprint density at radius 1 is 0.630 bits per heavy atom. The van der Waals surface area contributed by atoms with Crippen molar-refractivity contribution in [3.63, 3.8) is 0 Å². The van der Waals surface area contributed by atoms with Crippen LogP contribution in [-0.4, -0.2) is 16.7 Å². The summed E-state index contributed by atoms with van der Waals surface area (Å²) in [6, 6.07) is 23.8. The van der Waals surface area contributed by atoms with Crippen molar-refractivity contribution in [2.24, 2.45) is 11.5 Å². The quantitative estimate of drug-likeness (QED) is 0.281. The Balaban J connectivity index is 1.64. The number of hydrogen-bond acceptors (Lipinski definition) is 2. The van der Waals surface area contributed by atoms with Gasteiger partial charge in [0.15, 0.2) is 0 Å². The van der Waals surface area contributed by atoms with Crippen LogP contribution in [-0.2, 0) is 0 Å². The summed E-state index contributed by atoms with van der Waals surface area (Å²) in [5, 5.41) is 16.1. The first-order valence-corrected chi connectivity index (χ1v) is 8.54. The molecule has 0 spiro atoms. The molecule has 7 N–H and O–H groups in total. The third kappa shape index (κ3) is 3.18. The number of aromatic amines is 1. The maximum absolute atomic E-state index is 7.57. The maximum Gasteiger partial charge on any atom is 0.122 e. The van der Waals surface area contributed by atoms with E-state index in [1.807, 2.05) is 42.5 Å². The minimum atomic E-state index is 0.0631. The molecule has 0 aliphatic carbocycles. The fraction of sp³-hybridized carbons (Fsp3) is 0. The molecule has 0 fully saturated rings. The van der Waals surface area contributed by atoms with E-state index in [0.717, 1.165) is 38.9 Å². The van der Waals surface area contributed by atoms with Crippen LogP contribution in [0, 0.1) is 10.8 Å². The van der Waals surface area contributed by atoms with Crippen LogP contribution < -0.4 is 11.5 Å². The molecule has 0 atom stereocenters. The number of rotatable bonds is 4. The smallest absolute Gasteiger partial charge is 0.122 e. The highest BCUT2D eigenvalue weighted by molar-refractivity contribution is 5.99. The Bertz CT molecular complexity index is 1150. The van der Waals surface area contributed by atoms with Crippen LogP contribution in [0.2, 0.25) is 0 Å². The lowest BCUT2D eigenvalue weighted by Crippen LogP contribution is -2.10. The number of nitrogen functional groups attached to an aromatic ring is 2. The number of hydrogen-bond donors (Lipinski definition) is 5. The zero-order chi connectivity index (χ0) is 19.0. The van der Waals surface area contributed by atoms with Crippen molar-refractivity contribution in [3.8, 4) is 22.4 Å². The van der Waals surface area contributed by atoms with Gasteiger partial charge in [-0.2, -0.15) is 0 Å². The van der Waals surface area contributed by atoms with Crippen LogP contribution in [0.5, 0.6) is 0 Å². The summed E-state index contributed by atoms with van der Waals surface area (Å²) in [6.07, 6.45) is 0. The van der Waals surface area contributed by atoms with Crippen molar-refractivity contribution in [2.45, 2.75) is 0 Å². The van der Waals surface area contributed by atoms with Crippen LogP contribution in [0.1, 0.15) is 11.1 Å². The Labute approximate surface area is 156 Å². The number of H-pyrrole nitrogens is 1. The molecule has 0 unspecified atom stereocenters. The molecular weight excluding hydrogens is 334 g/mol. The van der Waals surface area contributed by atoms with Crippen molar-refractivity contribution in [2.75, 3.05) is 0 Å². The zero-order valence-electron chi connectivity index (χ0n) is 14.6. The summed E-state index contributed by atoms with van der Waals surface area (Å²) >= 11 is 0. The molecule has 3 aromatic carbocycles. The average molecular weight is 353 g/mol. The summed E-state index contributed by atoms with van der Waals surface area (Å²) in [6.45, 7) is 0. The predicted molar refractivity (Wildman–Crippen MR) is 111 cm³/mol. The maximum atomic E-state index is 7.57. The van der Waals surface area contributed by atoms with Crippen LogP contribution in [0.4, 0.5) is 0 Å². The minimum Gasteiger partial charge on any atom is -0.384 e. The molecule has 1 aromatic heterocycles. The second kappa shape index (κ2) is 6.46. The molecule has 0 saturated carbocycles. The van der Waals surface area contributed by atoms with Crippen molar-refractivity contribution in [1.82, 2.24) is 4.98 Å². The average Bonchev–Trinajstić information content (AvgIpc) is 3.11. The molecular formula is C22H19N5. The number of aromatic nitrogens is 1. The summed E-state index contributed by atoms with van der Waals surface area (Å²) in [7, 11) is 0. The van der Waals surface area contributed by atoms with E-state index in [0.29, 0.717) is 5.56 Å². The van der Waals surface area contributed by atoms with Gasteiger partial charge in [-0.15, -0.1) is 0 Å². The van der Waals surface area contributed by atoms with Crippen molar-refractivity contribution in [1.29, 1.82) is 10.8 Å². The van der Waals surface area contributed by atoms with E-state index in [4.69, 9.17) is 22.3 Å². The van der Waals surface area contributed by atoms with Gasteiger partial charge in [-0.25, -0.2) is 0 Å². The highest BCUT2D eigenvalue weighted by atomic mass is 14.7. The van der Waals surface area contributed by atoms with Crippen LogP contribution in [0.25, 0.3) is 33.3 Å². The number of nitrogens with two attached hydrogens (primary N) is 2. The van der Waals surface area contributed by atoms with Crippen molar-refractivity contribution >= 4 is 22.6 Å². The third-order valence-corrected chi connectivity index (χ3v) is 4.66. The SMILES string of the molecule is N=C(N)c1ccc(-c2ccc(-c3cc4ccc(C(=N)N)cc4[nH]3)cc2)cc1. The van der Waals surface area contributed by atoms with Crippen LogP contribution in [0.15, 0.2) is 72.8 Å². The Hall–Kier alpha value is -3.86. The van der Waals surface area contributed by atoms with E-state index >= 15 is 0 Å². The predicted octanol–water partition coefficient (Wildman–Crippen LogP) is 4.07. The van der Waals surface area contributed by atoms with E-state index in [9.17, 15) is 0 Å². The van der Waals surface area contributed by atoms with Gasteiger partial charge < -0.3 is 16.5 Å². The number of benzene rings is 3. The fourth-order valence-corrected chi connectivity index (χ4v) is 3.13. The van der Waals surface area contributed by atoms with E-state index in [1.54, 1.807) is 0 Å². The zero-order valence-corrected chi connectivity index (χ0v) is 14.6. The molecule has 4 rings (SSSR count). The normalized spacial score (nSPS) is 10.8. The first kappa shape index (κ1) is 16.6. The van der Waals surface area contributed by atoms with Gasteiger partial charge in [-0.1, -0.05) is 60.7 Å². The Morgan fingerprint density at radius 3 is 1.74 bits per heavy atom. The van der Waals surface area contributed by atoms with E-state index in [1.165, 1.54) is 0 Å². The first-order valence-electron chi connectivity index (χ1n) is 8.54. The van der Waals surface area contributed by atoms with E-state index < -0.39 is 0 Å². The highest BCUT2D eigenvalue weighted by Crippen LogP contribution is 2.27. The van der Waals surface area contributed by atoms with Crippen LogP contribution in [0.3, 0.4) is 0 Å². The largest absolute Gasteiger partial charge is 0.384 e. The molecule has 1 heterocycles. The molecule has 5 heteroatoms. The molecule has 27 heavy (non-hydrogen) atoms. The topological polar surface area (TPSA) is 116 Å². The van der Waals surface area contributed by atoms with Gasteiger partial charge in [0, 0.05) is 27.7 Å². The summed E-state index contributed by atoms with van der Waals surface area (Å²) < 4.78 is 0. The monoisotopic (exact) mass is 353 g/mol. The second-order valence-electron chi connectivity index (χ2n) is 6.47. The second-order valence-corrected chi connectivity index (χ2v) is 6.47. The van der Waals surface area contributed by atoms with Gasteiger partial charge in [0.25, 0.3) is 0 Å². The van der Waals surface area contributed by atoms with E-state index in [2.05, 4.69) is 35.3 Å². The molecule has 0 radical (unpaired) electrons. The van der Waals surface area contributed by atoms with Crippen LogP contribution >= 0.6 is 0 Å². The lowest BCUT2D eigenvalue weighted by molar-refractivity contribution is 1.42. The Kier molecular flexibility index (Phi) is 3.97. The van der Waals surface area contributed by atoms with Gasteiger partial charge >= 0.3 is 0 Å². The molecule has 0 saturated heterocycles. The lowest BCUT2D eigenvalue weighted by atomic mass is 10.0. The number of fused-ring (bicyclic) bond motifs is 1. The van der Waals surface area contributed by atoms with Gasteiger partial charge in [0.1, 0.15) is 11.7 Å². The first-order chi connectivity index (χ1) is 13.0. The molecule has 5 nitrogen and oxygen atoms in total. The molecule has 0 amide bonds. The van der Waals surface area contributed by atoms with Gasteiger partial charge in [-0.05, 0) is 28.8 Å². The molecule has 0 aliphatic heterocycles. The Morgan fingerprint density at radius 2 is 1.15 bits per heavy atom. The van der Waals surface area contributed by atoms with Gasteiger partial charge in [-0.3, -0.25) is 10.8 Å². The summed E-state index contributed by atoms with van der Waals surface area (Å²) in [4.78, 5) is 3.40. The fourth-order valence-electron chi connectivity index (χ4n) is 3.13. The minimum absolute atomic E-state index is 0.0631. The molecule has 132 valence electrons. The van der Waals surface area contributed by atoms with Crippen molar-refractivity contribution in [3.05, 3.63) is 83.9 Å². The molecule has 0 aliphatic rings. The third-order valence-electron chi connectivity index (χ3n) is 4.66. The number of nitrogens with one attached hydrogen (secondary N) is 3. The lowest BCUT2D eigenvalue weighted by Gasteiger charge is -2.05. The van der Waals surface area contributed by atoms with Gasteiger partial charge in [0.05, 0.1) is 0 Å². The summed E-state index contributed by atoms with van der Waals surface area (Å²) in [5.41, 5.74) is 17.7. The molecule has 4 aromatic rings. The van der Waals surface area contributed by atoms with E-state index in [-0.39, 0.29) is 11.7 Å². The number of amidine groups is 2. The summed E-state index contributed by atoms with van der Waals surface area (Å²) in [5.74, 6) is 0.136. The highest BCUT2D eigenvalue weighted by Gasteiger charge is 2.06. The van der Waals surface area contributed by atoms with Crippen molar-refractivity contribution < 1.29 is 0 Å². The molecule has 0 bridgehead atoms. The standard InChI is InChI=1S/C22H19N5/c23-21(24)16-7-3-14(4-8-16)13-1-5-15(6-2-13)19-11-17-9-10-18(22(25)26)12-20(17)27-19/h1-12,27H,(H3,23,24)(H3,25,26).